The SMILES string of the molecule is CN(C)C(=O)c1cc(N2CCCC(c3ccccc3C(C)(C)C)C2)ccc1C(C)(C)C. The highest BCUT2D eigenvalue weighted by molar-refractivity contribution is 5.96. The first-order valence-corrected chi connectivity index (χ1v) is 11.6. The Morgan fingerprint density at radius 3 is 2.19 bits per heavy atom. The number of nitrogens with zero attached hydrogens (tertiary/aromatic N) is 2. The first-order valence-electron chi connectivity index (χ1n) is 11.6. The number of hydrogen-bond acceptors (Lipinski definition) is 2. The maximum absolute atomic E-state index is 13.0. The van der Waals surface area contributed by atoms with Gasteiger partial charge in [-0.2, -0.15) is 0 Å². The van der Waals surface area contributed by atoms with Gasteiger partial charge in [0.15, 0.2) is 0 Å². The third kappa shape index (κ3) is 5.14. The van der Waals surface area contributed by atoms with Gasteiger partial charge in [0.2, 0.25) is 0 Å². The predicted octanol–water partition coefficient (Wildman–Crippen LogP) is 6.37. The molecule has 2 aromatic rings. The molecule has 1 atom stereocenters. The highest BCUT2D eigenvalue weighted by Gasteiger charge is 2.28. The molecule has 0 bridgehead atoms. The van der Waals surface area contributed by atoms with Crippen molar-refractivity contribution in [3.05, 3.63) is 64.7 Å². The summed E-state index contributed by atoms with van der Waals surface area (Å²) in [7, 11) is 3.67. The van der Waals surface area contributed by atoms with Gasteiger partial charge in [-0.15, -0.1) is 0 Å². The first kappa shape index (κ1) is 23.4. The van der Waals surface area contributed by atoms with Crippen molar-refractivity contribution in [2.24, 2.45) is 0 Å². The largest absolute Gasteiger partial charge is 0.371 e. The molecule has 3 heteroatoms. The van der Waals surface area contributed by atoms with Crippen LogP contribution in [0.1, 0.15) is 87.4 Å². The summed E-state index contributed by atoms with van der Waals surface area (Å²) < 4.78 is 0. The van der Waals surface area contributed by atoms with E-state index in [1.54, 1.807) is 4.90 Å². The molecule has 0 N–H and O–H groups in total. The third-order valence-corrected chi connectivity index (χ3v) is 6.44. The monoisotopic (exact) mass is 420 g/mol. The summed E-state index contributed by atoms with van der Waals surface area (Å²) in [6.07, 6.45) is 2.38. The lowest BCUT2D eigenvalue weighted by Crippen LogP contribution is -2.35. The minimum absolute atomic E-state index is 0.0738. The first-order chi connectivity index (χ1) is 14.4. The molecule has 1 saturated heterocycles. The van der Waals surface area contributed by atoms with Crippen LogP contribution < -0.4 is 4.90 Å². The lowest BCUT2D eigenvalue weighted by atomic mass is 9.78. The van der Waals surface area contributed by atoms with Crippen LogP contribution in [0.2, 0.25) is 0 Å². The normalized spacial score (nSPS) is 17.5. The van der Waals surface area contributed by atoms with E-state index in [4.69, 9.17) is 0 Å². The second-order valence-corrected chi connectivity index (χ2v) is 11.3. The standard InChI is InChI=1S/C28H40N2O/c1-27(2,3)24-14-10-9-13-22(24)20-12-11-17-30(19-20)21-15-16-25(28(4,5)6)23(18-21)26(31)29(7)8/h9-10,13-16,18,20H,11-12,17,19H2,1-8H3. The van der Waals surface area contributed by atoms with E-state index in [9.17, 15) is 4.79 Å². The summed E-state index contributed by atoms with van der Waals surface area (Å²) in [6, 6.07) is 15.5. The van der Waals surface area contributed by atoms with Crippen LogP contribution in [-0.4, -0.2) is 38.0 Å². The summed E-state index contributed by atoms with van der Waals surface area (Å²) in [5, 5.41) is 0. The highest BCUT2D eigenvalue weighted by Crippen LogP contribution is 2.37. The summed E-state index contributed by atoms with van der Waals surface area (Å²) in [4.78, 5) is 17.2. The second kappa shape index (κ2) is 8.68. The summed E-state index contributed by atoms with van der Waals surface area (Å²) in [5.41, 5.74) is 6.10. The van der Waals surface area contributed by atoms with E-state index >= 15 is 0 Å². The Morgan fingerprint density at radius 2 is 1.58 bits per heavy atom. The number of piperidine rings is 1. The molecule has 0 saturated carbocycles. The average Bonchev–Trinajstić information content (AvgIpc) is 2.71. The van der Waals surface area contributed by atoms with Crippen molar-refractivity contribution in [1.82, 2.24) is 4.90 Å². The van der Waals surface area contributed by atoms with Crippen LogP contribution in [0, 0.1) is 0 Å². The van der Waals surface area contributed by atoms with E-state index in [1.165, 1.54) is 24.0 Å². The molecule has 1 unspecified atom stereocenters. The van der Waals surface area contributed by atoms with Crippen LogP contribution in [-0.2, 0) is 10.8 Å². The van der Waals surface area contributed by atoms with E-state index in [0.29, 0.717) is 5.92 Å². The Morgan fingerprint density at radius 1 is 0.935 bits per heavy atom. The number of benzene rings is 2. The maximum Gasteiger partial charge on any atom is 0.253 e. The number of hydrogen-bond donors (Lipinski definition) is 0. The Hall–Kier alpha value is -2.29. The Balaban J connectivity index is 1.96. The fraction of sp³-hybridized carbons (Fsp3) is 0.536. The summed E-state index contributed by atoms with van der Waals surface area (Å²) >= 11 is 0. The molecule has 1 fully saturated rings. The molecule has 1 amide bonds. The van der Waals surface area contributed by atoms with Crippen LogP contribution in [0.15, 0.2) is 42.5 Å². The van der Waals surface area contributed by atoms with Crippen LogP contribution in [0.5, 0.6) is 0 Å². The quantitative estimate of drug-likeness (QED) is 0.576. The van der Waals surface area contributed by atoms with Crippen molar-refractivity contribution in [2.45, 2.75) is 71.1 Å². The zero-order valence-corrected chi connectivity index (χ0v) is 20.7. The van der Waals surface area contributed by atoms with Crippen molar-refractivity contribution in [2.75, 3.05) is 32.1 Å². The fourth-order valence-electron chi connectivity index (χ4n) is 4.80. The minimum atomic E-state index is -0.0738. The Bertz CT molecular complexity index is 931. The molecular formula is C28H40N2O. The topological polar surface area (TPSA) is 23.6 Å². The van der Waals surface area contributed by atoms with Gasteiger partial charge in [-0.05, 0) is 52.5 Å². The molecule has 3 rings (SSSR count). The van der Waals surface area contributed by atoms with E-state index in [2.05, 4.69) is 88.9 Å². The zero-order valence-electron chi connectivity index (χ0n) is 20.7. The molecule has 31 heavy (non-hydrogen) atoms. The van der Waals surface area contributed by atoms with Crippen molar-refractivity contribution >= 4 is 11.6 Å². The van der Waals surface area contributed by atoms with Gasteiger partial charge in [-0.25, -0.2) is 0 Å². The Labute approximate surface area is 189 Å². The van der Waals surface area contributed by atoms with Gasteiger partial charge < -0.3 is 9.80 Å². The number of rotatable bonds is 3. The van der Waals surface area contributed by atoms with Gasteiger partial charge >= 0.3 is 0 Å². The minimum Gasteiger partial charge on any atom is -0.371 e. The lowest BCUT2D eigenvalue weighted by molar-refractivity contribution is 0.0825. The van der Waals surface area contributed by atoms with Gasteiger partial charge in [0.05, 0.1) is 0 Å². The molecule has 0 aromatic heterocycles. The third-order valence-electron chi connectivity index (χ3n) is 6.44. The van der Waals surface area contributed by atoms with E-state index in [-0.39, 0.29) is 16.7 Å². The number of carbonyl (C=O) groups excluding carboxylic acids is 1. The maximum atomic E-state index is 13.0. The molecule has 168 valence electrons. The van der Waals surface area contributed by atoms with Gasteiger partial charge in [-0.1, -0.05) is 71.9 Å². The van der Waals surface area contributed by atoms with Crippen molar-refractivity contribution in [3.8, 4) is 0 Å². The number of anilines is 1. The summed E-state index contributed by atoms with van der Waals surface area (Å²) in [5.74, 6) is 0.595. The van der Waals surface area contributed by atoms with Crippen LogP contribution in [0.3, 0.4) is 0 Å². The van der Waals surface area contributed by atoms with Crippen LogP contribution in [0.4, 0.5) is 5.69 Å². The number of amides is 1. The smallest absolute Gasteiger partial charge is 0.253 e. The zero-order chi connectivity index (χ0) is 23.0. The summed E-state index contributed by atoms with van der Waals surface area (Å²) in [6.45, 7) is 15.5. The van der Waals surface area contributed by atoms with Gasteiger partial charge in [0.1, 0.15) is 0 Å². The van der Waals surface area contributed by atoms with E-state index in [0.717, 1.165) is 29.9 Å². The molecular weight excluding hydrogens is 380 g/mol. The van der Waals surface area contributed by atoms with Crippen LogP contribution in [0.25, 0.3) is 0 Å². The van der Waals surface area contributed by atoms with Gasteiger partial charge in [-0.3, -0.25) is 4.79 Å². The molecule has 2 aromatic carbocycles. The molecule has 0 spiro atoms. The predicted molar refractivity (Wildman–Crippen MR) is 132 cm³/mol. The molecule has 1 aliphatic rings. The fourth-order valence-corrected chi connectivity index (χ4v) is 4.80. The van der Waals surface area contributed by atoms with E-state index in [1.807, 2.05) is 14.1 Å². The lowest BCUT2D eigenvalue weighted by Gasteiger charge is -2.37. The molecule has 1 heterocycles. The van der Waals surface area contributed by atoms with Crippen molar-refractivity contribution in [3.63, 3.8) is 0 Å². The highest BCUT2D eigenvalue weighted by atomic mass is 16.2. The second-order valence-electron chi connectivity index (χ2n) is 11.3. The molecule has 1 aliphatic heterocycles. The molecule has 0 aliphatic carbocycles. The van der Waals surface area contributed by atoms with Crippen LogP contribution >= 0.6 is 0 Å². The van der Waals surface area contributed by atoms with Gasteiger partial charge in [0, 0.05) is 44.4 Å². The van der Waals surface area contributed by atoms with Crippen molar-refractivity contribution < 1.29 is 4.79 Å². The van der Waals surface area contributed by atoms with Crippen molar-refractivity contribution in [1.29, 1.82) is 0 Å². The number of carbonyl (C=O) groups is 1. The Kier molecular flexibility index (Phi) is 6.55. The van der Waals surface area contributed by atoms with Gasteiger partial charge in [0.25, 0.3) is 5.91 Å². The molecule has 0 radical (unpaired) electrons. The van der Waals surface area contributed by atoms with E-state index < -0.39 is 0 Å². The molecule has 3 nitrogen and oxygen atoms in total. The average molecular weight is 421 g/mol.